The number of rotatable bonds is 5. The van der Waals surface area contributed by atoms with Crippen molar-refractivity contribution in [3.8, 4) is 0 Å². The Morgan fingerprint density at radius 2 is 1.60 bits per heavy atom. The normalized spacial score (nSPS) is 12.4. The third-order valence-corrected chi connectivity index (χ3v) is 4.73. The molecule has 1 atom stereocenters. The molecule has 0 aromatic heterocycles. The van der Waals surface area contributed by atoms with Crippen LogP contribution < -0.4 is 0 Å². The van der Waals surface area contributed by atoms with Gasteiger partial charge in [-0.3, -0.25) is 0 Å². The highest BCUT2D eigenvalue weighted by atomic mass is 79.9. The van der Waals surface area contributed by atoms with E-state index in [0.29, 0.717) is 4.83 Å². The second-order valence-corrected chi connectivity index (χ2v) is 6.58. The van der Waals surface area contributed by atoms with Gasteiger partial charge in [0.15, 0.2) is 0 Å². The standard InChI is InChI=1S/C18H20BrCl/c1-3-13-5-8-15(4-2)17(11-13)18(19)12-14-6-9-16(20)10-7-14/h5-11,18H,3-4,12H2,1-2H3. The Kier molecular flexibility index (Phi) is 5.68. The molecule has 0 spiro atoms. The first-order valence-electron chi connectivity index (χ1n) is 7.14. The van der Waals surface area contributed by atoms with Crippen LogP contribution in [0.3, 0.4) is 0 Å². The number of alkyl halides is 1. The third-order valence-electron chi connectivity index (χ3n) is 3.67. The van der Waals surface area contributed by atoms with Crippen molar-refractivity contribution in [2.75, 3.05) is 0 Å². The minimum absolute atomic E-state index is 0.352. The molecule has 2 aromatic rings. The van der Waals surface area contributed by atoms with Gasteiger partial charge in [-0.2, -0.15) is 0 Å². The van der Waals surface area contributed by atoms with Gasteiger partial charge in [0.2, 0.25) is 0 Å². The fourth-order valence-electron chi connectivity index (χ4n) is 2.42. The summed E-state index contributed by atoms with van der Waals surface area (Å²) in [6, 6.07) is 15.0. The van der Waals surface area contributed by atoms with Gasteiger partial charge < -0.3 is 0 Å². The van der Waals surface area contributed by atoms with Crippen LogP contribution in [0, 0.1) is 0 Å². The van der Waals surface area contributed by atoms with Crippen LogP contribution in [0.1, 0.15) is 40.9 Å². The second-order valence-electron chi connectivity index (χ2n) is 5.04. The Balaban J connectivity index is 2.23. The van der Waals surface area contributed by atoms with E-state index in [0.717, 1.165) is 24.3 Å². The van der Waals surface area contributed by atoms with Gasteiger partial charge in [-0.25, -0.2) is 0 Å². The number of benzene rings is 2. The van der Waals surface area contributed by atoms with Crippen molar-refractivity contribution in [3.05, 3.63) is 69.7 Å². The number of hydrogen-bond donors (Lipinski definition) is 0. The van der Waals surface area contributed by atoms with E-state index < -0.39 is 0 Å². The SMILES string of the molecule is CCc1ccc(CC)c(C(Br)Cc2ccc(Cl)cc2)c1. The predicted octanol–water partition coefficient (Wildman–Crippen LogP) is 6.14. The highest BCUT2D eigenvalue weighted by molar-refractivity contribution is 9.09. The lowest BCUT2D eigenvalue weighted by molar-refractivity contribution is 0.914. The van der Waals surface area contributed by atoms with Gasteiger partial charge in [0.1, 0.15) is 0 Å². The van der Waals surface area contributed by atoms with Crippen molar-refractivity contribution in [1.82, 2.24) is 0 Å². The molecule has 20 heavy (non-hydrogen) atoms. The number of halogens is 2. The molecule has 106 valence electrons. The lowest BCUT2D eigenvalue weighted by Gasteiger charge is -2.16. The topological polar surface area (TPSA) is 0 Å². The third kappa shape index (κ3) is 3.86. The molecule has 0 bridgehead atoms. The molecule has 2 aromatic carbocycles. The minimum Gasteiger partial charge on any atom is -0.0843 e. The Bertz CT molecular complexity index is 560. The molecule has 0 nitrogen and oxygen atoms in total. The maximum absolute atomic E-state index is 5.94. The minimum atomic E-state index is 0.352. The molecule has 0 saturated heterocycles. The summed E-state index contributed by atoms with van der Waals surface area (Å²) in [4.78, 5) is 0.352. The summed E-state index contributed by atoms with van der Waals surface area (Å²) in [7, 11) is 0. The molecule has 2 rings (SSSR count). The number of hydrogen-bond acceptors (Lipinski definition) is 0. The quantitative estimate of drug-likeness (QED) is 0.567. The highest BCUT2D eigenvalue weighted by Crippen LogP contribution is 2.31. The average molecular weight is 352 g/mol. The summed E-state index contributed by atoms with van der Waals surface area (Å²) >= 11 is 9.80. The molecular formula is C18H20BrCl. The van der Waals surface area contributed by atoms with Crippen LogP contribution in [0.25, 0.3) is 0 Å². The van der Waals surface area contributed by atoms with Crippen molar-refractivity contribution in [1.29, 1.82) is 0 Å². The van der Waals surface area contributed by atoms with Crippen LogP contribution in [0.2, 0.25) is 5.02 Å². The lowest BCUT2D eigenvalue weighted by Crippen LogP contribution is -2.01. The lowest BCUT2D eigenvalue weighted by atomic mass is 9.95. The molecule has 0 aliphatic rings. The van der Waals surface area contributed by atoms with E-state index in [9.17, 15) is 0 Å². The molecule has 0 amide bonds. The molecule has 0 N–H and O–H groups in total. The molecular weight excluding hydrogens is 332 g/mol. The Morgan fingerprint density at radius 3 is 2.20 bits per heavy atom. The van der Waals surface area contributed by atoms with Crippen molar-refractivity contribution in [2.45, 2.75) is 37.9 Å². The molecule has 1 unspecified atom stereocenters. The molecule has 0 aliphatic carbocycles. The molecule has 0 heterocycles. The smallest absolute Gasteiger partial charge is 0.0438 e. The first-order valence-corrected chi connectivity index (χ1v) is 8.43. The summed E-state index contributed by atoms with van der Waals surface area (Å²) in [5.41, 5.74) is 5.55. The van der Waals surface area contributed by atoms with Crippen LogP contribution in [0.4, 0.5) is 0 Å². The van der Waals surface area contributed by atoms with E-state index >= 15 is 0 Å². The highest BCUT2D eigenvalue weighted by Gasteiger charge is 2.13. The predicted molar refractivity (Wildman–Crippen MR) is 92.0 cm³/mol. The average Bonchev–Trinajstić information content (AvgIpc) is 2.48. The van der Waals surface area contributed by atoms with E-state index in [1.807, 2.05) is 12.1 Å². The van der Waals surface area contributed by atoms with E-state index in [1.165, 1.54) is 22.3 Å². The molecule has 0 fully saturated rings. The zero-order valence-corrected chi connectivity index (χ0v) is 14.3. The molecule has 0 radical (unpaired) electrons. The molecule has 2 heteroatoms. The van der Waals surface area contributed by atoms with E-state index in [1.54, 1.807) is 0 Å². The van der Waals surface area contributed by atoms with E-state index in [2.05, 4.69) is 60.1 Å². The van der Waals surface area contributed by atoms with Crippen LogP contribution in [0.15, 0.2) is 42.5 Å². The Labute approximate surface area is 135 Å². The molecule has 0 saturated carbocycles. The van der Waals surface area contributed by atoms with Gasteiger partial charge in [0.25, 0.3) is 0 Å². The van der Waals surface area contributed by atoms with Crippen molar-refractivity contribution in [3.63, 3.8) is 0 Å². The zero-order valence-electron chi connectivity index (χ0n) is 12.0. The monoisotopic (exact) mass is 350 g/mol. The largest absolute Gasteiger partial charge is 0.0843 e. The number of aryl methyl sites for hydroxylation is 2. The fourth-order valence-corrected chi connectivity index (χ4v) is 3.34. The molecule has 0 aliphatic heterocycles. The summed E-state index contributed by atoms with van der Waals surface area (Å²) in [5, 5.41) is 0.794. The van der Waals surface area contributed by atoms with Gasteiger partial charge in [-0.1, -0.05) is 71.7 Å². The van der Waals surface area contributed by atoms with Gasteiger partial charge in [-0.15, -0.1) is 0 Å². The van der Waals surface area contributed by atoms with Gasteiger partial charge in [0.05, 0.1) is 0 Å². The zero-order chi connectivity index (χ0) is 14.5. The van der Waals surface area contributed by atoms with Crippen molar-refractivity contribution >= 4 is 27.5 Å². The van der Waals surface area contributed by atoms with Crippen LogP contribution in [-0.2, 0) is 19.3 Å². The van der Waals surface area contributed by atoms with Crippen molar-refractivity contribution in [2.24, 2.45) is 0 Å². The summed E-state index contributed by atoms with van der Waals surface area (Å²) in [6.45, 7) is 4.42. The van der Waals surface area contributed by atoms with Crippen molar-refractivity contribution < 1.29 is 0 Å². The second kappa shape index (κ2) is 7.28. The van der Waals surface area contributed by atoms with Crippen LogP contribution in [-0.4, -0.2) is 0 Å². The maximum Gasteiger partial charge on any atom is 0.0438 e. The first kappa shape index (κ1) is 15.6. The summed E-state index contributed by atoms with van der Waals surface area (Å²) < 4.78 is 0. The van der Waals surface area contributed by atoms with Gasteiger partial charge in [0, 0.05) is 9.85 Å². The van der Waals surface area contributed by atoms with Gasteiger partial charge >= 0.3 is 0 Å². The van der Waals surface area contributed by atoms with Crippen LogP contribution >= 0.6 is 27.5 Å². The van der Waals surface area contributed by atoms with E-state index in [4.69, 9.17) is 11.6 Å². The fraction of sp³-hybridized carbons (Fsp3) is 0.333. The van der Waals surface area contributed by atoms with Crippen LogP contribution in [0.5, 0.6) is 0 Å². The van der Waals surface area contributed by atoms with E-state index in [-0.39, 0.29) is 0 Å². The summed E-state index contributed by atoms with van der Waals surface area (Å²) in [5.74, 6) is 0. The Hall–Kier alpha value is -0.790. The Morgan fingerprint density at radius 1 is 0.950 bits per heavy atom. The maximum atomic E-state index is 5.94. The summed E-state index contributed by atoms with van der Waals surface area (Å²) in [6.07, 6.45) is 3.14. The first-order chi connectivity index (χ1) is 9.63. The van der Waals surface area contributed by atoms with Gasteiger partial charge in [-0.05, 0) is 53.6 Å².